The van der Waals surface area contributed by atoms with Gasteiger partial charge in [-0.05, 0) is 49.4 Å². The first-order valence-corrected chi connectivity index (χ1v) is 9.88. The lowest BCUT2D eigenvalue weighted by atomic mass is 9.77. The van der Waals surface area contributed by atoms with Crippen LogP contribution in [-0.2, 0) is 4.79 Å². The molecule has 2 aliphatic rings. The van der Waals surface area contributed by atoms with Gasteiger partial charge in [0.2, 0.25) is 5.95 Å². The van der Waals surface area contributed by atoms with Crippen molar-refractivity contribution in [1.82, 2.24) is 14.8 Å². The van der Waals surface area contributed by atoms with E-state index in [0.717, 1.165) is 22.9 Å². The van der Waals surface area contributed by atoms with Crippen LogP contribution in [0.15, 0.2) is 53.7 Å². The van der Waals surface area contributed by atoms with Gasteiger partial charge in [-0.2, -0.15) is 10.1 Å². The second-order valence-corrected chi connectivity index (χ2v) is 7.99. The summed E-state index contributed by atoms with van der Waals surface area (Å²) in [6, 6.07) is 10.8. The number of anilines is 1. The highest BCUT2D eigenvalue weighted by atomic mass is 19.1. The fraction of sp³-hybridized carbons (Fsp3) is 0.261. The van der Waals surface area contributed by atoms with Gasteiger partial charge in [0.25, 0.3) is 0 Å². The molecule has 3 aromatic rings. The van der Waals surface area contributed by atoms with E-state index in [2.05, 4.69) is 21.5 Å². The number of nitrogens with zero attached hydrogens (tertiary/aromatic N) is 3. The number of hydrogen-bond donors (Lipinski definition) is 1. The van der Waals surface area contributed by atoms with Crippen molar-refractivity contribution >= 4 is 11.7 Å². The predicted octanol–water partition coefficient (Wildman–Crippen LogP) is 4.59. The van der Waals surface area contributed by atoms with Crippen LogP contribution in [0.5, 0.6) is 0 Å². The third kappa shape index (κ3) is 3.10. The quantitative estimate of drug-likeness (QED) is 0.676. The molecule has 1 aliphatic heterocycles. The maximum Gasteiger partial charge on any atom is 0.226 e. The lowest BCUT2D eigenvalue weighted by molar-refractivity contribution is -0.116. The molecule has 1 aromatic heterocycles. The molecule has 1 aliphatic carbocycles. The van der Waals surface area contributed by atoms with E-state index in [9.17, 15) is 13.6 Å². The molecule has 30 heavy (non-hydrogen) atoms. The molecule has 152 valence electrons. The van der Waals surface area contributed by atoms with E-state index in [-0.39, 0.29) is 11.7 Å². The Kier molecular flexibility index (Phi) is 4.27. The zero-order valence-corrected chi connectivity index (χ0v) is 16.6. The molecule has 2 aromatic carbocycles. The van der Waals surface area contributed by atoms with Crippen LogP contribution >= 0.6 is 0 Å². The zero-order chi connectivity index (χ0) is 21.0. The van der Waals surface area contributed by atoms with Gasteiger partial charge in [-0.3, -0.25) is 4.79 Å². The minimum Gasteiger partial charge on any atom is -0.328 e. The molecular weight excluding hydrogens is 386 g/mol. The average molecular weight is 406 g/mol. The van der Waals surface area contributed by atoms with E-state index < -0.39 is 17.7 Å². The number of carbonyl (C=O) groups is 1. The Morgan fingerprint density at radius 1 is 1.03 bits per heavy atom. The Morgan fingerprint density at radius 3 is 2.53 bits per heavy atom. The van der Waals surface area contributed by atoms with Gasteiger partial charge in [-0.15, -0.1) is 0 Å². The molecule has 5 nitrogen and oxygen atoms in total. The molecule has 0 fully saturated rings. The van der Waals surface area contributed by atoms with Crippen molar-refractivity contribution in [3.05, 3.63) is 87.9 Å². The highest BCUT2D eigenvalue weighted by Crippen LogP contribution is 2.44. The minimum atomic E-state index is -0.714. The highest BCUT2D eigenvalue weighted by molar-refractivity contribution is 6.00. The number of aromatic nitrogens is 3. The van der Waals surface area contributed by atoms with Crippen LogP contribution in [0.4, 0.5) is 14.7 Å². The van der Waals surface area contributed by atoms with Crippen LogP contribution in [0.3, 0.4) is 0 Å². The summed E-state index contributed by atoms with van der Waals surface area (Å²) < 4.78 is 29.6. The number of rotatable bonds is 2. The second kappa shape index (κ2) is 6.86. The number of aryl methyl sites for hydroxylation is 2. The molecule has 1 N–H and O–H groups in total. The monoisotopic (exact) mass is 406 g/mol. The summed E-state index contributed by atoms with van der Waals surface area (Å²) in [6.45, 7) is 3.77. The van der Waals surface area contributed by atoms with E-state index in [1.807, 2.05) is 25.1 Å². The third-order valence-corrected chi connectivity index (χ3v) is 5.74. The van der Waals surface area contributed by atoms with Gasteiger partial charge in [0.05, 0.1) is 0 Å². The molecule has 0 spiro atoms. The number of Topliss-reactive ketones (excluding diaryl/α,β-unsaturated/α-hetero) is 1. The first-order valence-electron chi connectivity index (χ1n) is 9.88. The summed E-state index contributed by atoms with van der Waals surface area (Å²) in [6.07, 6.45) is 0.950. The number of ketones is 1. The van der Waals surface area contributed by atoms with E-state index in [4.69, 9.17) is 0 Å². The maximum atomic E-state index is 14.0. The Labute approximate surface area is 172 Å². The summed E-state index contributed by atoms with van der Waals surface area (Å²) in [4.78, 5) is 17.7. The zero-order valence-electron chi connectivity index (χ0n) is 16.6. The number of hydrogen-bond acceptors (Lipinski definition) is 4. The van der Waals surface area contributed by atoms with Crippen LogP contribution in [-0.4, -0.2) is 20.5 Å². The molecule has 0 radical (unpaired) electrons. The Morgan fingerprint density at radius 2 is 1.80 bits per heavy atom. The molecule has 2 atom stereocenters. The Hall–Kier alpha value is -3.35. The molecule has 2 unspecified atom stereocenters. The topological polar surface area (TPSA) is 59.8 Å². The van der Waals surface area contributed by atoms with Crippen molar-refractivity contribution in [1.29, 1.82) is 0 Å². The van der Waals surface area contributed by atoms with Crippen LogP contribution in [0.1, 0.15) is 47.3 Å². The number of nitrogens with one attached hydrogen (secondary N) is 1. The number of carbonyl (C=O) groups excluding carboxylic acids is 1. The van der Waals surface area contributed by atoms with Crippen molar-refractivity contribution in [3.63, 3.8) is 0 Å². The Balaban J connectivity index is 1.63. The number of allylic oxidation sites excluding steroid dienone is 2. The van der Waals surface area contributed by atoms with Crippen LogP contribution < -0.4 is 5.32 Å². The Bertz CT molecular complexity index is 1190. The van der Waals surface area contributed by atoms with Crippen LogP contribution in [0.2, 0.25) is 0 Å². The van der Waals surface area contributed by atoms with E-state index in [1.165, 1.54) is 12.1 Å². The van der Waals surface area contributed by atoms with Crippen molar-refractivity contribution in [3.8, 4) is 0 Å². The summed E-state index contributed by atoms with van der Waals surface area (Å²) >= 11 is 0. The van der Waals surface area contributed by atoms with Crippen molar-refractivity contribution in [2.75, 3.05) is 5.32 Å². The molecule has 0 saturated carbocycles. The van der Waals surface area contributed by atoms with Crippen LogP contribution in [0, 0.1) is 25.5 Å². The number of halogens is 2. The molecule has 0 saturated heterocycles. The van der Waals surface area contributed by atoms with E-state index in [1.54, 1.807) is 11.6 Å². The largest absolute Gasteiger partial charge is 0.328 e. The molecular formula is C23H20F2N4O. The number of fused-ring (bicyclic) bond motifs is 1. The van der Waals surface area contributed by atoms with Gasteiger partial charge in [-0.25, -0.2) is 13.5 Å². The predicted molar refractivity (Wildman–Crippen MR) is 108 cm³/mol. The van der Waals surface area contributed by atoms with Gasteiger partial charge in [0, 0.05) is 23.8 Å². The minimum absolute atomic E-state index is 0.0316. The second-order valence-electron chi connectivity index (χ2n) is 7.99. The number of benzene rings is 2. The third-order valence-electron chi connectivity index (χ3n) is 5.74. The molecule has 2 heterocycles. The van der Waals surface area contributed by atoms with Gasteiger partial charge in [-0.1, -0.05) is 29.8 Å². The smallest absolute Gasteiger partial charge is 0.226 e. The SMILES string of the molecule is Cc1cccc(C2CC(=O)C3=C(C2)Nc2nc(C)nn2C3c2cc(F)cc(F)c2)c1. The first kappa shape index (κ1) is 18.7. The normalized spacial score (nSPS) is 20.6. The lowest BCUT2D eigenvalue weighted by Crippen LogP contribution is -2.33. The van der Waals surface area contributed by atoms with Gasteiger partial charge >= 0.3 is 0 Å². The summed E-state index contributed by atoms with van der Waals surface area (Å²) in [5.74, 6) is -0.414. The maximum absolute atomic E-state index is 14.0. The van der Waals surface area contributed by atoms with E-state index in [0.29, 0.717) is 35.8 Å². The molecule has 5 rings (SSSR count). The van der Waals surface area contributed by atoms with Crippen molar-refractivity contribution in [2.24, 2.45) is 0 Å². The van der Waals surface area contributed by atoms with Gasteiger partial charge in [0.1, 0.15) is 23.5 Å². The molecule has 0 amide bonds. The fourth-order valence-electron chi connectivity index (χ4n) is 4.52. The highest BCUT2D eigenvalue weighted by Gasteiger charge is 2.39. The van der Waals surface area contributed by atoms with Crippen molar-refractivity contribution < 1.29 is 13.6 Å². The molecule has 0 bridgehead atoms. The van der Waals surface area contributed by atoms with E-state index >= 15 is 0 Å². The molecule has 7 heteroatoms. The van der Waals surface area contributed by atoms with Crippen molar-refractivity contribution in [2.45, 2.75) is 38.6 Å². The fourth-order valence-corrected chi connectivity index (χ4v) is 4.52. The van der Waals surface area contributed by atoms with Gasteiger partial charge in [0.15, 0.2) is 5.78 Å². The average Bonchev–Trinajstić information content (AvgIpc) is 3.05. The summed E-state index contributed by atoms with van der Waals surface area (Å²) in [7, 11) is 0. The summed E-state index contributed by atoms with van der Waals surface area (Å²) in [5.41, 5.74) is 3.83. The van der Waals surface area contributed by atoms with Crippen LogP contribution in [0.25, 0.3) is 0 Å². The summed E-state index contributed by atoms with van der Waals surface area (Å²) in [5, 5.41) is 7.65. The first-order chi connectivity index (χ1) is 14.4. The standard InChI is InChI=1S/C23H20F2N4O/c1-12-4-3-5-14(6-12)15-9-19-21(20(30)10-15)22(16-7-17(24)11-18(25)8-16)29-23(27-19)26-13(2)28-29/h3-8,11,15,22H,9-10H2,1-2H3,(H,26,27,28). The lowest BCUT2D eigenvalue weighted by Gasteiger charge is -2.35. The van der Waals surface area contributed by atoms with Gasteiger partial charge < -0.3 is 5.32 Å².